The highest BCUT2D eigenvalue weighted by molar-refractivity contribution is 5.73. The second kappa shape index (κ2) is 11.1. The molecule has 130 valence electrons. The van der Waals surface area contributed by atoms with Gasteiger partial charge in [-0.2, -0.15) is 0 Å². The first-order chi connectivity index (χ1) is 11.0. The molecule has 0 fully saturated rings. The van der Waals surface area contributed by atoms with Crippen molar-refractivity contribution in [1.82, 2.24) is 15.1 Å². The molecule has 0 saturated carbocycles. The van der Waals surface area contributed by atoms with Crippen molar-refractivity contribution in [2.45, 2.75) is 45.6 Å². The number of amides is 2. The van der Waals surface area contributed by atoms with E-state index in [1.807, 2.05) is 13.1 Å². The van der Waals surface area contributed by atoms with Crippen LogP contribution >= 0.6 is 0 Å². The maximum atomic E-state index is 12.0. The summed E-state index contributed by atoms with van der Waals surface area (Å²) < 4.78 is 0. The fourth-order valence-corrected chi connectivity index (χ4v) is 2.34. The zero-order valence-electron chi connectivity index (χ0n) is 15.2. The quantitative estimate of drug-likeness (QED) is 0.671. The lowest BCUT2D eigenvalue weighted by atomic mass is 10.1. The summed E-state index contributed by atoms with van der Waals surface area (Å²) in [6.45, 7) is 7.03. The molecule has 1 aromatic rings. The molecular weight excluding hydrogens is 286 g/mol. The number of aryl methyl sites for hydroxylation is 1. The van der Waals surface area contributed by atoms with E-state index in [0.717, 1.165) is 45.3 Å². The number of hydrogen-bond donors (Lipinski definition) is 1. The molecule has 2 amide bonds. The monoisotopic (exact) mass is 319 g/mol. The van der Waals surface area contributed by atoms with Gasteiger partial charge < -0.3 is 15.1 Å². The average molecular weight is 319 g/mol. The summed E-state index contributed by atoms with van der Waals surface area (Å²) in [5.74, 6) is 0. The SMILES string of the molecule is CC(C)N(C)CCCCNC(=O)N(C)CCCc1ccccc1. The molecule has 0 aromatic heterocycles. The Balaban J connectivity index is 2.07. The van der Waals surface area contributed by atoms with Gasteiger partial charge in [0.05, 0.1) is 0 Å². The van der Waals surface area contributed by atoms with Gasteiger partial charge in [0.2, 0.25) is 0 Å². The third-order valence-corrected chi connectivity index (χ3v) is 4.24. The molecule has 0 atom stereocenters. The van der Waals surface area contributed by atoms with Gasteiger partial charge in [0.25, 0.3) is 0 Å². The van der Waals surface area contributed by atoms with E-state index in [4.69, 9.17) is 0 Å². The van der Waals surface area contributed by atoms with Gasteiger partial charge in [-0.05, 0) is 58.7 Å². The fourth-order valence-electron chi connectivity index (χ4n) is 2.34. The molecular formula is C19H33N3O. The summed E-state index contributed by atoms with van der Waals surface area (Å²) in [5.41, 5.74) is 1.33. The first-order valence-electron chi connectivity index (χ1n) is 8.74. The van der Waals surface area contributed by atoms with Gasteiger partial charge in [-0.15, -0.1) is 0 Å². The van der Waals surface area contributed by atoms with E-state index < -0.39 is 0 Å². The molecule has 0 bridgehead atoms. The molecule has 0 heterocycles. The van der Waals surface area contributed by atoms with Crippen molar-refractivity contribution in [2.24, 2.45) is 0 Å². The van der Waals surface area contributed by atoms with E-state index in [0.29, 0.717) is 6.04 Å². The Kier molecular flexibility index (Phi) is 9.37. The minimum Gasteiger partial charge on any atom is -0.338 e. The predicted molar refractivity (Wildman–Crippen MR) is 97.8 cm³/mol. The summed E-state index contributed by atoms with van der Waals surface area (Å²) in [4.78, 5) is 16.1. The summed E-state index contributed by atoms with van der Waals surface area (Å²) >= 11 is 0. The molecule has 0 aliphatic heterocycles. The molecule has 0 aliphatic rings. The zero-order valence-corrected chi connectivity index (χ0v) is 15.2. The van der Waals surface area contributed by atoms with Crippen LogP contribution in [0.5, 0.6) is 0 Å². The molecule has 4 nitrogen and oxygen atoms in total. The Labute approximate surface area is 141 Å². The number of nitrogens with one attached hydrogen (secondary N) is 1. The van der Waals surface area contributed by atoms with Gasteiger partial charge in [-0.25, -0.2) is 4.79 Å². The van der Waals surface area contributed by atoms with E-state index in [1.165, 1.54) is 5.56 Å². The van der Waals surface area contributed by atoms with Crippen molar-refractivity contribution < 1.29 is 4.79 Å². The summed E-state index contributed by atoms with van der Waals surface area (Å²) in [6, 6.07) is 11.0. The van der Waals surface area contributed by atoms with Crippen LogP contribution in [0.4, 0.5) is 4.79 Å². The summed E-state index contributed by atoms with van der Waals surface area (Å²) in [7, 11) is 4.01. The highest BCUT2D eigenvalue weighted by Gasteiger charge is 2.07. The highest BCUT2D eigenvalue weighted by atomic mass is 16.2. The largest absolute Gasteiger partial charge is 0.338 e. The number of carbonyl (C=O) groups excluding carboxylic acids is 1. The van der Waals surface area contributed by atoms with Gasteiger partial charge in [0.15, 0.2) is 0 Å². The van der Waals surface area contributed by atoms with Crippen molar-refractivity contribution >= 4 is 6.03 Å². The van der Waals surface area contributed by atoms with Gasteiger partial charge in [-0.3, -0.25) is 0 Å². The number of hydrogen-bond acceptors (Lipinski definition) is 2. The second-order valence-corrected chi connectivity index (χ2v) is 6.52. The average Bonchev–Trinajstić information content (AvgIpc) is 2.54. The van der Waals surface area contributed by atoms with Crippen LogP contribution < -0.4 is 5.32 Å². The first-order valence-corrected chi connectivity index (χ1v) is 8.74. The molecule has 1 aromatic carbocycles. The topological polar surface area (TPSA) is 35.6 Å². The molecule has 1 N–H and O–H groups in total. The van der Waals surface area contributed by atoms with E-state index in [-0.39, 0.29) is 6.03 Å². The second-order valence-electron chi connectivity index (χ2n) is 6.52. The van der Waals surface area contributed by atoms with Crippen molar-refractivity contribution in [2.75, 3.05) is 33.7 Å². The van der Waals surface area contributed by atoms with Gasteiger partial charge in [0.1, 0.15) is 0 Å². The lowest BCUT2D eigenvalue weighted by Gasteiger charge is -2.21. The highest BCUT2D eigenvalue weighted by Crippen LogP contribution is 2.03. The van der Waals surface area contributed by atoms with Gasteiger partial charge in [-0.1, -0.05) is 30.3 Å². The Morgan fingerprint density at radius 1 is 1.04 bits per heavy atom. The van der Waals surface area contributed by atoms with Crippen LogP contribution in [0.1, 0.15) is 38.7 Å². The van der Waals surface area contributed by atoms with Crippen LogP contribution in [0.25, 0.3) is 0 Å². The molecule has 1 rings (SSSR count). The van der Waals surface area contributed by atoms with Crippen LogP contribution in [-0.4, -0.2) is 55.6 Å². The van der Waals surface area contributed by atoms with Gasteiger partial charge in [0, 0.05) is 26.2 Å². The number of carbonyl (C=O) groups is 1. The number of unbranched alkanes of at least 4 members (excludes halogenated alkanes) is 1. The maximum absolute atomic E-state index is 12.0. The zero-order chi connectivity index (χ0) is 17.1. The van der Waals surface area contributed by atoms with Gasteiger partial charge >= 0.3 is 6.03 Å². The van der Waals surface area contributed by atoms with Crippen molar-refractivity contribution in [3.05, 3.63) is 35.9 Å². The lowest BCUT2D eigenvalue weighted by Crippen LogP contribution is -2.38. The number of nitrogens with zero attached hydrogens (tertiary/aromatic N) is 2. The standard InChI is InChI=1S/C19H33N3O/c1-17(2)21(3)15-9-8-14-20-19(23)22(4)16-10-13-18-11-6-5-7-12-18/h5-7,11-12,17H,8-10,13-16H2,1-4H3,(H,20,23). The van der Waals surface area contributed by atoms with Crippen LogP contribution in [0.2, 0.25) is 0 Å². The Hall–Kier alpha value is -1.55. The number of urea groups is 1. The summed E-state index contributed by atoms with van der Waals surface area (Å²) in [6.07, 6.45) is 4.15. The van der Waals surface area contributed by atoms with Crippen molar-refractivity contribution in [1.29, 1.82) is 0 Å². The first kappa shape index (κ1) is 19.5. The predicted octanol–water partition coefficient (Wildman–Crippen LogP) is 3.38. The third kappa shape index (κ3) is 8.60. The molecule has 0 unspecified atom stereocenters. The smallest absolute Gasteiger partial charge is 0.317 e. The minimum atomic E-state index is 0.0373. The van der Waals surface area contributed by atoms with Crippen molar-refractivity contribution in [3.8, 4) is 0 Å². The van der Waals surface area contributed by atoms with Crippen molar-refractivity contribution in [3.63, 3.8) is 0 Å². The molecule has 0 aliphatic carbocycles. The minimum absolute atomic E-state index is 0.0373. The van der Waals surface area contributed by atoms with E-state index in [1.54, 1.807) is 4.90 Å². The van der Waals surface area contributed by atoms with E-state index in [2.05, 4.69) is 55.4 Å². The summed E-state index contributed by atoms with van der Waals surface area (Å²) in [5, 5.41) is 3.00. The Morgan fingerprint density at radius 3 is 2.39 bits per heavy atom. The molecule has 0 radical (unpaired) electrons. The van der Waals surface area contributed by atoms with Crippen LogP contribution in [-0.2, 0) is 6.42 Å². The van der Waals surface area contributed by atoms with E-state index >= 15 is 0 Å². The van der Waals surface area contributed by atoms with Crippen LogP contribution in [0.3, 0.4) is 0 Å². The van der Waals surface area contributed by atoms with Crippen LogP contribution in [0, 0.1) is 0 Å². The fraction of sp³-hybridized carbons (Fsp3) is 0.632. The Bertz CT molecular complexity index is 434. The molecule has 0 saturated heterocycles. The number of rotatable bonds is 10. The lowest BCUT2D eigenvalue weighted by molar-refractivity contribution is 0.207. The van der Waals surface area contributed by atoms with E-state index in [9.17, 15) is 4.79 Å². The normalized spacial score (nSPS) is 11.0. The van der Waals surface area contributed by atoms with Crippen LogP contribution in [0.15, 0.2) is 30.3 Å². The Morgan fingerprint density at radius 2 is 1.74 bits per heavy atom. The molecule has 0 spiro atoms. The third-order valence-electron chi connectivity index (χ3n) is 4.24. The molecule has 4 heteroatoms. The number of benzene rings is 1. The maximum Gasteiger partial charge on any atom is 0.317 e. The molecule has 23 heavy (non-hydrogen) atoms.